The molecule has 0 aromatic heterocycles. The van der Waals surface area contributed by atoms with Gasteiger partial charge in [-0.25, -0.2) is 0 Å². The second-order valence-corrected chi connectivity index (χ2v) is 6.08. The van der Waals surface area contributed by atoms with E-state index in [0.717, 1.165) is 32.4 Å². The number of benzene rings is 1. The van der Waals surface area contributed by atoms with Crippen LogP contribution in [0.1, 0.15) is 19.3 Å². The maximum absolute atomic E-state index is 12.3. The molecule has 1 amide bonds. The van der Waals surface area contributed by atoms with Crippen LogP contribution < -0.4 is 10.1 Å². The molecular formula is C16H21N3O4. The van der Waals surface area contributed by atoms with Crippen LogP contribution in [0.2, 0.25) is 0 Å². The summed E-state index contributed by atoms with van der Waals surface area (Å²) in [5.41, 5.74) is 0.0583. The zero-order valence-electron chi connectivity index (χ0n) is 12.9. The molecule has 0 radical (unpaired) electrons. The number of ether oxygens (including phenoxy) is 1. The Hall–Kier alpha value is -2.15. The number of hydrogen-bond donors (Lipinski definition) is 1. The van der Waals surface area contributed by atoms with E-state index < -0.39 is 4.92 Å². The van der Waals surface area contributed by atoms with E-state index in [9.17, 15) is 14.9 Å². The summed E-state index contributed by atoms with van der Waals surface area (Å²) >= 11 is 0. The van der Waals surface area contributed by atoms with E-state index >= 15 is 0 Å². The maximum Gasteiger partial charge on any atom is 0.269 e. The highest BCUT2D eigenvalue weighted by Crippen LogP contribution is 2.23. The van der Waals surface area contributed by atoms with Crippen molar-refractivity contribution in [1.29, 1.82) is 0 Å². The van der Waals surface area contributed by atoms with Crippen LogP contribution in [-0.4, -0.2) is 48.0 Å². The van der Waals surface area contributed by atoms with Crippen LogP contribution in [0.5, 0.6) is 5.75 Å². The number of carbonyl (C=O) groups is 1. The van der Waals surface area contributed by atoms with Crippen molar-refractivity contribution >= 4 is 11.6 Å². The fourth-order valence-corrected chi connectivity index (χ4v) is 3.16. The van der Waals surface area contributed by atoms with Crippen molar-refractivity contribution in [3.63, 3.8) is 0 Å². The molecule has 2 aliphatic rings. The first kappa shape index (κ1) is 15.7. The van der Waals surface area contributed by atoms with Crippen LogP contribution in [0.15, 0.2) is 24.3 Å². The first-order valence-electron chi connectivity index (χ1n) is 8.04. The Kier molecular flexibility index (Phi) is 4.76. The lowest BCUT2D eigenvalue weighted by molar-refractivity contribution is -0.384. The smallest absolute Gasteiger partial charge is 0.269 e. The number of non-ortho nitro benzene ring substituents is 1. The van der Waals surface area contributed by atoms with Gasteiger partial charge in [-0.05, 0) is 25.1 Å². The highest BCUT2D eigenvalue weighted by atomic mass is 16.6. The number of nitro groups is 1. The van der Waals surface area contributed by atoms with Crippen molar-refractivity contribution in [1.82, 2.24) is 10.2 Å². The lowest BCUT2D eigenvalue weighted by Gasteiger charge is -2.33. The fourth-order valence-electron chi connectivity index (χ4n) is 3.16. The lowest BCUT2D eigenvalue weighted by atomic mass is 10.0. The van der Waals surface area contributed by atoms with Gasteiger partial charge < -0.3 is 15.0 Å². The summed E-state index contributed by atoms with van der Waals surface area (Å²) < 4.78 is 5.87. The molecule has 23 heavy (non-hydrogen) atoms. The first-order valence-corrected chi connectivity index (χ1v) is 8.04. The SMILES string of the molecule is O=C(C1CCNC1)N1CCC(Oc2ccc([N+](=O)[O-])cc2)CC1. The van der Waals surface area contributed by atoms with Crippen LogP contribution in [0.3, 0.4) is 0 Å². The Bertz CT molecular complexity index is 561. The third kappa shape index (κ3) is 3.79. The molecule has 7 nitrogen and oxygen atoms in total. The third-order valence-electron chi connectivity index (χ3n) is 4.51. The molecule has 2 fully saturated rings. The molecule has 0 aliphatic carbocycles. The monoisotopic (exact) mass is 319 g/mol. The summed E-state index contributed by atoms with van der Waals surface area (Å²) in [7, 11) is 0. The number of nitrogens with one attached hydrogen (secondary N) is 1. The van der Waals surface area contributed by atoms with E-state index in [-0.39, 0.29) is 23.6 Å². The van der Waals surface area contributed by atoms with Crippen molar-refractivity contribution in [2.24, 2.45) is 5.92 Å². The number of nitrogens with zero attached hydrogens (tertiary/aromatic N) is 2. The molecule has 0 bridgehead atoms. The molecular weight excluding hydrogens is 298 g/mol. The van der Waals surface area contributed by atoms with E-state index in [1.165, 1.54) is 12.1 Å². The molecule has 1 unspecified atom stereocenters. The predicted molar refractivity (Wildman–Crippen MR) is 84.3 cm³/mol. The Morgan fingerprint density at radius 1 is 1.22 bits per heavy atom. The minimum atomic E-state index is -0.425. The number of likely N-dealkylation sites (tertiary alicyclic amines) is 1. The third-order valence-corrected chi connectivity index (χ3v) is 4.51. The average molecular weight is 319 g/mol. The summed E-state index contributed by atoms with van der Waals surface area (Å²) in [6, 6.07) is 6.14. The highest BCUT2D eigenvalue weighted by molar-refractivity contribution is 5.79. The lowest BCUT2D eigenvalue weighted by Crippen LogP contribution is -2.44. The summed E-state index contributed by atoms with van der Waals surface area (Å²) in [5.74, 6) is 1.02. The Labute approximate surface area is 134 Å². The molecule has 1 aromatic carbocycles. The van der Waals surface area contributed by atoms with Gasteiger partial charge in [0.1, 0.15) is 11.9 Å². The Morgan fingerprint density at radius 3 is 2.48 bits per heavy atom. The van der Waals surface area contributed by atoms with Gasteiger partial charge in [-0.1, -0.05) is 0 Å². The first-order chi connectivity index (χ1) is 11.1. The minimum absolute atomic E-state index is 0.0576. The van der Waals surface area contributed by atoms with Crippen LogP contribution in [-0.2, 0) is 4.79 Å². The molecule has 1 aromatic rings. The molecule has 0 spiro atoms. The largest absolute Gasteiger partial charge is 0.490 e. The molecule has 2 saturated heterocycles. The molecule has 3 rings (SSSR count). The summed E-state index contributed by atoms with van der Waals surface area (Å²) in [6.45, 7) is 3.15. The van der Waals surface area contributed by atoms with Gasteiger partial charge in [-0.2, -0.15) is 0 Å². The normalized spacial score (nSPS) is 22.1. The molecule has 124 valence electrons. The molecule has 1 N–H and O–H groups in total. The van der Waals surface area contributed by atoms with Gasteiger partial charge in [0, 0.05) is 44.6 Å². The van der Waals surface area contributed by atoms with Gasteiger partial charge in [0.05, 0.1) is 10.8 Å². The van der Waals surface area contributed by atoms with Crippen molar-refractivity contribution in [3.05, 3.63) is 34.4 Å². The number of amides is 1. The van der Waals surface area contributed by atoms with Crippen LogP contribution in [0.4, 0.5) is 5.69 Å². The fraction of sp³-hybridized carbons (Fsp3) is 0.562. The maximum atomic E-state index is 12.3. The van der Waals surface area contributed by atoms with Gasteiger partial charge >= 0.3 is 0 Å². The van der Waals surface area contributed by atoms with Gasteiger partial charge in [-0.3, -0.25) is 14.9 Å². The zero-order valence-corrected chi connectivity index (χ0v) is 12.9. The van der Waals surface area contributed by atoms with Crippen LogP contribution in [0, 0.1) is 16.0 Å². The minimum Gasteiger partial charge on any atom is -0.490 e. The van der Waals surface area contributed by atoms with Gasteiger partial charge in [0.15, 0.2) is 0 Å². The van der Waals surface area contributed by atoms with Gasteiger partial charge in [0.25, 0.3) is 5.69 Å². The quantitative estimate of drug-likeness (QED) is 0.673. The number of piperidine rings is 1. The van der Waals surface area contributed by atoms with E-state index in [0.29, 0.717) is 18.8 Å². The Morgan fingerprint density at radius 2 is 1.91 bits per heavy atom. The molecule has 2 heterocycles. The Balaban J connectivity index is 1.48. The van der Waals surface area contributed by atoms with E-state index in [4.69, 9.17) is 4.74 Å². The van der Waals surface area contributed by atoms with Gasteiger partial charge in [0.2, 0.25) is 5.91 Å². The van der Waals surface area contributed by atoms with Crippen molar-refractivity contribution in [2.75, 3.05) is 26.2 Å². The zero-order chi connectivity index (χ0) is 16.2. The van der Waals surface area contributed by atoms with Crippen molar-refractivity contribution in [2.45, 2.75) is 25.4 Å². The number of carbonyl (C=O) groups excluding carboxylic acids is 1. The molecule has 0 saturated carbocycles. The topological polar surface area (TPSA) is 84.7 Å². The summed E-state index contributed by atoms with van der Waals surface area (Å²) in [5, 5.41) is 13.9. The van der Waals surface area contributed by atoms with E-state index in [1.54, 1.807) is 12.1 Å². The number of rotatable bonds is 4. The molecule has 1 atom stereocenters. The molecule has 2 aliphatic heterocycles. The second-order valence-electron chi connectivity index (χ2n) is 6.08. The van der Waals surface area contributed by atoms with E-state index in [2.05, 4.69) is 5.32 Å². The van der Waals surface area contributed by atoms with Crippen molar-refractivity contribution in [3.8, 4) is 5.75 Å². The van der Waals surface area contributed by atoms with Crippen LogP contribution >= 0.6 is 0 Å². The van der Waals surface area contributed by atoms with Crippen LogP contribution in [0.25, 0.3) is 0 Å². The van der Waals surface area contributed by atoms with Gasteiger partial charge in [-0.15, -0.1) is 0 Å². The highest BCUT2D eigenvalue weighted by Gasteiger charge is 2.30. The number of nitro benzene ring substituents is 1. The second kappa shape index (κ2) is 6.95. The van der Waals surface area contributed by atoms with Crippen molar-refractivity contribution < 1.29 is 14.5 Å². The van der Waals surface area contributed by atoms with E-state index in [1.807, 2.05) is 4.90 Å². The standard InChI is InChI=1S/C16H21N3O4/c20-16(12-5-8-17-11-12)18-9-6-15(7-10-18)23-14-3-1-13(2-4-14)19(21)22/h1-4,12,15,17H,5-11H2. The number of hydrogen-bond acceptors (Lipinski definition) is 5. The summed E-state index contributed by atoms with van der Waals surface area (Å²) in [4.78, 5) is 24.5. The molecule has 7 heteroatoms. The summed E-state index contributed by atoms with van der Waals surface area (Å²) in [6.07, 6.45) is 2.58. The predicted octanol–water partition coefficient (Wildman–Crippen LogP) is 1.57. The average Bonchev–Trinajstić information content (AvgIpc) is 3.10.